The fourth-order valence-electron chi connectivity index (χ4n) is 1.66. The normalized spacial score (nSPS) is 10.9. The number of benzene rings is 1. The van der Waals surface area contributed by atoms with E-state index in [0.717, 1.165) is 28.7 Å². The minimum atomic E-state index is -0.219. The molecule has 0 fully saturated rings. The summed E-state index contributed by atoms with van der Waals surface area (Å²) in [4.78, 5) is 4.43. The van der Waals surface area contributed by atoms with Crippen LogP contribution in [-0.4, -0.2) is 12.0 Å². The van der Waals surface area contributed by atoms with Gasteiger partial charge in [-0.3, -0.25) is 4.98 Å². The highest BCUT2D eigenvalue weighted by atomic mass is 19.1. The molecule has 0 saturated carbocycles. The second-order valence-corrected chi connectivity index (χ2v) is 3.60. The highest BCUT2D eigenvalue weighted by Gasteiger charge is 2.03. The SMILES string of the molecule is CNCc1cc2cc(F)ccc2nc1C. The molecule has 0 saturated heterocycles. The average Bonchev–Trinajstić information content (AvgIpc) is 2.20. The van der Waals surface area contributed by atoms with Crippen LogP contribution in [0.4, 0.5) is 4.39 Å². The van der Waals surface area contributed by atoms with Gasteiger partial charge in [0, 0.05) is 17.6 Å². The zero-order chi connectivity index (χ0) is 10.8. The van der Waals surface area contributed by atoms with Gasteiger partial charge in [-0.05, 0) is 43.8 Å². The Morgan fingerprint density at radius 2 is 2.13 bits per heavy atom. The monoisotopic (exact) mass is 204 g/mol. The van der Waals surface area contributed by atoms with E-state index in [-0.39, 0.29) is 5.82 Å². The molecule has 2 rings (SSSR count). The van der Waals surface area contributed by atoms with Gasteiger partial charge in [0.25, 0.3) is 0 Å². The Morgan fingerprint density at radius 1 is 1.33 bits per heavy atom. The summed E-state index contributed by atoms with van der Waals surface area (Å²) in [5, 5.41) is 3.92. The van der Waals surface area contributed by atoms with Gasteiger partial charge in [0.1, 0.15) is 5.82 Å². The van der Waals surface area contributed by atoms with E-state index in [0.29, 0.717) is 0 Å². The van der Waals surface area contributed by atoms with Gasteiger partial charge in [0.15, 0.2) is 0 Å². The largest absolute Gasteiger partial charge is 0.316 e. The molecule has 2 aromatic rings. The summed E-state index contributed by atoms with van der Waals surface area (Å²) in [7, 11) is 1.88. The van der Waals surface area contributed by atoms with Crippen molar-refractivity contribution < 1.29 is 4.39 Å². The van der Waals surface area contributed by atoms with Gasteiger partial charge in [0.2, 0.25) is 0 Å². The molecular weight excluding hydrogens is 191 g/mol. The molecule has 1 aromatic carbocycles. The molecule has 78 valence electrons. The Labute approximate surface area is 88.1 Å². The number of nitrogens with zero attached hydrogens (tertiary/aromatic N) is 1. The van der Waals surface area contributed by atoms with E-state index in [1.807, 2.05) is 20.0 Å². The van der Waals surface area contributed by atoms with E-state index >= 15 is 0 Å². The highest BCUT2D eigenvalue weighted by molar-refractivity contribution is 5.79. The molecule has 0 spiro atoms. The number of pyridine rings is 1. The van der Waals surface area contributed by atoms with E-state index in [1.54, 1.807) is 6.07 Å². The van der Waals surface area contributed by atoms with Crippen LogP contribution in [0, 0.1) is 12.7 Å². The highest BCUT2D eigenvalue weighted by Crippen LogP contribution is 2.17. The topological polar surface area (TPSA) is 24.9 Å². The van der Waals surface area contributed by atoms with Crippen molar-refractivity contribution in [1.82, 2.24) is 10.3 Å². The summed E-state index contributed by atoms with van der Waals surface area (Å²) in [6.45, 7) is 2.72. The minimum Gasteiger partial charge on any atom is -0.316 e. The van der Waals surface area contributed by atoms with Crippen molar-refractivity contribution in [3.8, 4) is 0 Å². The molecule has 2 nitrogen and oxygen atoms in total. The van der Waals surface area contributed by atoms with Crippen LogP contribution in [0.25, 0.3) is 10.9 Å². The van der Waals surface area contributed by atoms with Gasteiger partial charge in [-0.15, -0.1) is 0 Å². The zero-order valence-corrected chi connectivity index (χ0v) is 8.84. The lowest BCUT2D eigenvalue weighted by Gasteiger charge is -2.06. The van der Waals surface area contributed by atoms with Crippen LogP contribution in [0.2, 0.25) is 0 Å². The molecule has 1 heterocycles. The summed E-state index contributed by atoms with van der Waals surface area (Å²) >= 11 is 0. The first kappa shape index (κ1) is 10.1. The summed E-state index contributed by atoms with van der Waals surface area (Å²) in [6.07, 6.45) is 0. The molecule has 15 heavy (non-hydrogen) atoms. The van der Waals surface area contributed by atoms with Gasteiger partial charge >= 0.3 is 0 Å². The van der Waals surface area contributed by atoms with Gasteiger partial charge in [0.05, 0.1) is 5.52 Å². The van der Waals surface area contributed by atoms with Crippen LogP contribution in [-0.2, 0) is 6.54 Å². The van der Waals surface area contributed by atoms with E-state index in [1.165, 1.54) is 12.1 Å². The molecule has 0 amide bonds. The number of fused-ring (bicyclic) bond motifs is 1. The van der Waals surface area contributed by atoms with Crippen LogP contribution < -0.4 is 5.32 Å². The van der Waals surface area contributed by atoms with Gasteiger partial charge in [-0.25, -0.2) is 4.39 Å². The van der Waals surface area contributed by atoms with Gasteiger partial charge < -0.3 is 5.32 Å². The molecule has 0 atom stereocenters. The van der Waals surface area contributed by atoms with E-state index in [4.69, 9.17) is 0 Å². The second kappa shape index (κ2) is 3.95. The molecule has 0 unspecified atom stereocenters. The van der Waals surface area contributed by atoms with Crippen molar-refractivity contribution in [2.45, 2.75) is 13.5 Å². The molecule has 0 bridgehead atoms. The lowest BCUT2D eigenvalue weighted by atomic mass is 10.1. The van der Waals surface area contributed by atoms with E-state index in [2.05, 4.69) is 10.3 Å². The fraction of sp³-hybridized carbons (Fsp3) is 0.250. The van der Waals surface area contributed by atoms with Crippen molar-refractivity contribution in [2.75, 3.05) is 7.05 Å². The average molecular weight is 204 g/mol. The first-order valence-electron chi connectivity index (χ1n) is 4.91. The molecular formula is C12H13FN2. The van der Waals surface area contributed by atoms with Gasteiger partial charge in [-0.1, -0.05) is 0 Å². The number of hydrogen-bond donors (Lipinski definition) is 1. The van der Waals surface area contributed by atoms with Crippen LogP contribution in [0.3, 0.4) is 0 Å². The van der Waals surface area contributed by atoms with E-state index < -0.39 is 0 Å². The van der Waals surface area contributed by atoms with Crippen LogP contribution in [0.5, 0.6) is 0 Å². The maximum absolute atomic E-state index is 13.0. The molecule has 1 aromatic heterocycles. The van der Waals surface area contributed by atoms with Crippen LogP contribution in [0.1, 0.15) is 11.3 Å². The number of aryl methyl sites for hydroxylation is 1. The Hall–Kier alpha value is -1.48. The quantitative estimate of drug-likeness (QED) is 0.812. The number of hydrogen-bond acceptors (Lipinski definition) is 2. The Morgan fingerprint density at radius 3 is 2.87 bits per heavy atom. The van der Waals surface area contributed by atoms with Crippen molar-refractivity contribution >= 4 is 10.9 Å². The molecule has 0 aliphatic rings. The minimum absolute atomic E-state index is 0.219. The molecule has 3 heteroatoms. The number of halogens is 1. The third-order valence-electron chi connectivity index (χ3n) is 2.44. The van der Waals surface area contributed by atoms with Crippen molar-refractivity contribution in [3.05, 3.63) is 41.3 Å². The second-order valence-electron chi connectivity index (χ2n) is 3.60. The molecule has 0 aliphatic heterocycles. The first-order valence-corrected chi connectivity index (χ1v) is 4.91. The summed E-state index contributed by atoms with van der Waals surface area (Å²) in [5.74, 6) is -0.219. The molecule has 0 aliphatic carbocycles. The van der Waals surface area contributed by atoms with Crippen LogP contribution >= 0.6 is 0 Å². The maximum Gasteiger partial charge on any atom is 0.123 e. The number of aromatic nitrogens is 1. The summed E-state index contributed by atoms with van der Waals surface area (Å²) in [5.41, 5.74) is 2.94. The fourth-order valence-corrected chi connectivity index (χ4v) is 1.66. The Kier molecular flexibility index (Phi) is 2.64. The predicted molar refractivity (Wildman–Crippen MR) is 59.2 cm³/mol. The Bertz CT molecular complexity index is 494. The Balaban J connectivity index is 2.61. The maximum atomic E-state index is 13.0. The summed E-state index contributed by atoms with van der Waals surface area (Å²) in [6, 6.07) is 6.64. The van der Waals surface area contributed by atoms with Crippen molar-refractivity contribution in [1.29, 1.82) is 0 Å². The van der Waals surface area contributed by atoms with Gasteiger partial charge in [-0.2, -0.15) is 0 Å². The third kappa shape index (κ3) is 1.97. The van der Waals surface area contributed by atoms with Crippen molar-refractivity contribution in [2.24, 2.45) is 0 Å². The zero-order valence-electron chi connectivity index (χ0n) is 8.84. The lowest BCUT2D eigenvalue weighted by Crippen LogP contribution is -2.07. The predicted octanol–water partition coefficient (Wildman–Crippen LogP) is 2.40. The van der Waals surface area contributed by atoms with Crippen molar-refractivity contribution in [3.63, 3.8) is 0 Å². The lowest BCUT2D eigenvalue weighted by molar-refractivity contribution is 0.629. The number of nitrogens with one attached hydrogen (secondary N) is 1. The molecule has 1 N–H and O–H groups in total. The molecule has 0 radical (unpaired) electrons. The van der Waals surface area contributed by atoms with E-state index in [9.17, 15) is 4.39 Å². The number of rotatable bonds is 2. The third-order valence-corrected chi connectivity index (χ3v) is 2.44. The first-order chi connectivity index (χ1) is 7.20. The smallest absolute Gasteiger partial charge is 0.123 e. The summed E-state index contributed by atoms with van der Waals surface area (Å²) < 4.78 is 13.0. The van der Waals surface area contributed by atoms with Crippen LogP contribution in [0.15, 0.2) is 24.3 Å². The standard InChI is InChI=1S/C12H13FN2/c1-8-10(7-14-2)5-9-6-11(13)3-4-12(9)15-8/h3-6,14H,7H2,1-2H3.